The third kappa shape index (κ3) is 5.54. The molecule has 0 atom stereocenters. The van der Waals surface area contributed by atoms with Crippen molar-refractivity contribution in [1.82, 2.24) is 14.5 Å². The third-order valence-corrected chi connectivity index (χ3v) is 7.22. The van der Waals surface area contributed by atoms with Gasteiger partial charge in [-0.15, -0.1) is 0 Å². The van der Waals surface area contributed by atoms with Crippen molar-refractivity contribution in [1.29, 1.82) is 0 Å². The van der Waals surface area contributed by atoms with E-state index in [0.29, 0.717) is 29.7 Å². The van der Waals surface area contributed by atoms with Gasteiger partial charge in [0.25, 0.3) is 0 Å². The molecule has 0 saturated carbocycles. The summed E-state index contributed by atoms with van der Waals surface area (Å²) in [5.74, 6) is 2.57. The SMILES string of the molecule is CCCCn1c(CN(Cc2ccc3c(c2)OCO3)Cc2cccc(Cl)c2Cl)cnc1-c1ccccc1. The summed E-state index contributed by atoms with van der Waals surface area (Å²) in [6, 6.07) is 22.3. The first-order valence-electron chi connectivity index (χ1n) is 12.3. The number of unbranched alkanes of at least 4 members (excludes halogenated alkanes) is 1. The molecule has 1 aliphatic rings. The molecule has 3 aromatic carbocycles. The van der Waals surface area contributed by atoms with Crippen LogP contribution in [0.25, 0.3) is 11.4 Å². The Labute approximate surface area is 222 Å². The van der Waals surface area contributed by atoms with Crippen LogP contribution in [0.4, 0.5) is 0 Å². The maximum atomic E-state index is 6.59. The van der Waals surface area contributed by atoms with E-state index in [1.54, 1.807) is 0 Å². The number of benzene rings is 3. The molecule has 0 spiro atoms. The largest absolute Gasteiger partial charge is 0.454 e. The summed E-state index contributed by atoms with van der Waals surface area (Å²) in [4.78, 5) is 7.20. The highest BCUT2D eigenvalue weighted by molar-refractivity contribution is 6.42. The van der Waals surface area contributed by atoms with Crippen molar-refractivity contribution in [3.8, 4) is 22.9 Å². The lowest BCUT2D eigenvalue weighted by molar-refractivity contribution is 0.174. The molecule has 0 radical (unpaired) electrons. The molecule has 1 aliphatic heterocycles. The molecule has 0 fully saturated rings. The van der Waals surface area contributed by atoms with Crippen LogP contribution in [0.3, 0.4) is 0 Å². The van der Waals surface area contributed by atoms with Gasteiger partial charge in [0.2, 0.25) is 6.79 Å². The molecule has 5 rings (SSSR count). The van der Waals surface area contributed by atoms with Gasteiger partial charge in [-0.25, -0.2) is 4.98 Å². The molecule has 36 heavy (non-hydrogen) atoms. The summed E-state index contributed by atoms with van der Waals surface area (Å²) < 4.78 is 13.5. The maximum absolute atomic E-state index is 6.59. The topological polar surface area (TPSA) is 39.5 Å². The first-order chi connectivity index (χ1) is 17.6. The summed E-state index contributed by atoms with van der Waals surface area (Å²) in [5.41, 5.74) is 4.43. The fourth-order valence-corrected chi connectivity index (χ4v) is 4.91. The van der Waals surface area contributed by atoms with Crippen LogP contribution < -0.4 is 9.47 Å². The van der Waals surface area contributed by atoms with Gasteiger partial charge in [-0.05, 0) is 35.7 Å². The van der Waals surface area contributed by atoms with Gasteiger partial charge >= 0.3 is 0 Å². The minimum atomic E-state index is 0.263. The highest BCUT2D eigenvalue weighted by Gasteiger charge is 2.19. The van der Waals surface area contributed by atoms with Gasteiger partial charge in [0.15, 0.2) is 11.5 Å². The zero-order valence-corrected chi connectivity index (χ0v) is 21.8. The highest BCUT2D eigenvalue weighted by Crippen LogP contribution is 2.34. The predicted octanol–water partition coefficient (Wildman–Crippen LogP) is 7.59. The van der Waals surface area contributed by atoms with Crippen LogP contribution in [-0.4, -0.2) is 21.2 Å². The van der Waals surface area contributed by atoms with Crippen molar-refractivity contribution in [3.63, 3.8) is 0 Å². The minimum absolute atomic E-state index is 0.263. The average molecular weight is 522 g/mol. The fourth-order valence-electron chi connectivity index (χ4n) is 4.53. The molecular formula is C29H29Cl2N3O2. The molecule has 0 N–H and O–H groups in total. The minimum Gasteiger partial charge on any atom is -0.454 e. The lowest BCUT2D eigenvalue weighted by Crippen LogP contribution is -2.24. The normalized spacial score (nSPS) is 12.4. The second kappa shape index (κ2) is 11.4. The number of aromatic nitrogens is 2. The van der Waals surface area contributed by atoms with Crippen LogP contribution in [0.1, 0.15) is 36.6 Å². The second-order valence-corrected chi connectivity index (χ2v) is 9.78. The smallest absolute Gasteiger partial charge is 0.231 e. The number of rotatable bonds is 10. The number of fused-ring (bicyclic) bond motifs is 1. The Morgan fingerprint density at radius 3 is 2.58 bits per heavy atom. The van der Waals surface area contributed by atoms with Crippen LogP contribution in [0.15, 0.2) is 72.9 Å². The van der Waals surface area contributed by atoms with Crippen molar-refractivity contribution in [2.45, 2.75) is 45.9 Å². The Kier molecular flexibility index (Phi) is 7.81. The number of hydrogen-bond donors (Lipinski definition) is 0. The Balaban J connectivity index is 1.47. The van der Waals surface area contributed by atoms with Gasteiger partial charge in [-0.1, -0.05) is 85.1 Å². The Hall–Kier alpha value is -2.99. The van der Waals surface area contributed by atoms with Gasteiger partial charge in [0, 0.05) is 31.7 Å². The molecule has 0 bridgehead atoms. The van der Waals surface area contributed by atoms with E-state index in [0.717, 1.165) is 53.4 Å². The summed E-state index contributed by atoms with van der Waals surface area (Å²) in [5, 5.41) is 1.16. The van der Waals surface area contributed by atoms with E-state index < -0.39 is 0 Å². The molecule has 0 amide bonds. The van der Waals surface area contributed by atoms with E-state index in [-0.39, 0.29) is 6.79 Å². The van der Waals surface area contributed by atoms with Gasteiger partial charge in [0.1, 0.15) is 5.82 Å². The fraction of sp³-hybridized carbons (Fsp3) is 0.276. The van der Waals surface area contributed by atoms with Gasteiger partial charge in [-0.2, -0.15) is 0 Å². The Bertz CT molecular complexity index is 1320. The standard InChI is InChI=1S/C29H29Cl2N3O2/c1-2-3-14-34-24(16-32-29(34)22-8-5-4-6-9-22)19-33(18-23-10-7-11-25(30)28(23)31)17-21-12-13-26-27(15-21)36-20-35-26/h4-13,15-16H,2-3,14,17-20H2,1H3. The van der Waals surface area contributed by atoms with Gasteiger partial charge < -0.3 is 14.0 Å². The molecule has 5 nitrogen and oxygen atoms in total. The van der Waals surface area contributed by atoms with Crippen molar-refractivity contribution in [3.05, 3.63) is 99.8 Å². The van der Waals surface area contributed by atoms with Gasteiger partial charge in [0.05, 0.1) is 21.9 Å². The van der Waals surface area contributed by atoms with E-state index in [9.17, 15) is 0 Å². The van der Waals surface area contributed by atoms with E-state index in [1.165, 1.54) is 5.69 Å². The lowest BCUT2D eigenvalue weighted by Gasteiger charge is -2.24. The van der Waals surface area contributed by atoms with Crippen molar-refractivity contribution >= 4 is 23.2 Å². The van der Waals surface area contributed by atoms with Crippen molar-refractivity contribution in [2.75, 3.05) is 6.79 Å². The molecule has 0 saturated heterocycles. The molecule has 186 valence electrons. The lowest BCUT2D eigenvalue weighted by atomic mass is 10.1. The van der Waals surface area contributed by atoms with Crippen molar-refractivity contribution in [2.24, 2.45) is 0 Å². The van der Waals surface area contributed by atoms with E-state index in [2.05, 4.69) is 52.8 Å². The molecule has 0 aliphatic carbocycles. The number of halogens is 2. The van der Waals surface area contributed by atoms with Crippen LogP contribution in [-0.2, 0) is 26.2 Å². The van der Waals surface area contributed by atoms with Gasteiger partial charge in [-0.3, -0.25) is 4.90 Å². The quantitative estimate of drug-likeness (QED) is 0.215. The summed E-state index contributed by atoms with van der Waals surface area (Å²) in [6.07, 6.45) is 4.21. The van der Waals surface area contributed by atoms with Crippen LogP contribution in [0.5, 0.6) is 11.5 Å². The molecular weight excluding hydrogens is 493 g/mol. The molecule has 1 aromatic heterocycles. The van der Waals surface area contributed by atoms with E-state index in [1.807, 2.05) is 36.5 Å². The summed E-state index contributed by atoms with van der Waals surface area (Å²) in [6.45, 7) is 5.46. The average Bonchev–Trinajstić information content (AvgIpc) is 3.52. The second-order valence-electron chi connectivity index (χ2n) is 8.99. The number of nitrogens with zero attached hydrogens (tertiary/aromatic N) is 3. The highest BCUT2D eigenvalue weighted by atomic mass is 35.5. The molecule has 4 aromatic rings. The zero-order chi connectivity index (χ0) is 24.9. The molecule has 7 heteroatoms. The van der Waals surface area contributed by atoms with Crippen LogP contribution >= 0.6 is 23.2 Å². The number of ether oxygens (including phenoxy) is 2. The Morgan fingerprint density at radius 2 is 1.75 bits per heavy atom. The summed E-state index contributed by atoms with van der Waals surface area (Å²) in [7, 11) is 0. The van der Waals surface area contributed by atoms with Crippen molar-refractivity contribution < 1.29 is 9.47 Å². The maximum Gasteiger partial charge on any atom is 0.231 e. The zero-order valence-electron chi connectivity index (χ0n) is 20.3. The first-order valence-corrected chi connectivity index (χ1v) is 13.0. The summed E-state index contributed by atoms with van der Waals surface area (Å²) >= 11 is 12.9. The predicted molar refractivity (Wildman–Crippen MR) is 145 cm³/mol. The third-order valence-electron chi connectivity index (χ3n) is 6.36. The Morgan fingerprint density at radius 1 is 0.917 bits per heavy atom. The van der Waals surface area contributed by atoms with E-state index in [4.69, 9.17) is 37.7 Å². The number of hydrogen-bond acceptors (Lipinski definition) is 4. The molecule has 2 heterocycles. The van der Waals surface area contributed by atoms with Crippen LogP contribution in [0, 0.1) is 0 Å². The van der Waals surface area contributed by atoms with E-state index >= 15 is 0 Å². The monoisotopic (exact) mass is 521 g/mol. The number of imidazole rings is 1. The first kappa shape index (κ1) is 24.7. The van der Waals surface area contributed by atoms with Crippen LogP contribution in [0.2, 0.25) is 10.0 Å². The molecule has 0 unspecified atom stereocenters.